The van der Waals surface area contributed by atoms with E-state index in [4.69, 9.17) is 16.6 Å². The van der Waals surface area contributed by atoms with Crippen LogP contribution < -0.4 is 5.32 Å². The zero-order chi connectivity index (χ0) is 14.4. The Morgan fingerprint density at radius 3 is 2.80 bits per heavy atom. The monoisotopic (exact) mass is 308 g/mol. The second kappa shape index (κ2) is 7.77. The van der Waals surface area contributed by atoms with Crippen LogP contribution in [-0.2, 0) is 13.0 Å². The highest BCUT2D eigenvalue weighted by molar-refractivity contribution is 7.15. The molecule has 1 N–H and O–H groups in total. The molecule has 0 bridgehead atoms. The quantitative estimate of drug-likeness (QED) is 0.735. The van der Waals surface area contributed by atoms with Gasteiger partial charge in [-0.3, -0.25) is 0 Å². The van der Waals surface area contributed by atoms with E-state index in [0.717, 1.165) is 47.9 Å². The van der Waals surface area contributed by atoms with Crippen LogP contribution >= 0.6 is 22.9 Å². The number of nitrogens with zero attached hydrogens (tertiary/aromatic N) is 1. The minimum absolute atomic E-state index is 0.764. The molecule has 0 amide bonds. The molecule has 20 heavy (non-hydrogen) atoms. The molecule has 108 valence electrons. The topological polar surface area (TPSA) is 24.9 Å². The van der Waals surface area contributed by atoms with Crippen molar-refractivity contribution in [2.75, 3.05) is 6.54 Å². The molecule has 2 rings (SSSR count). The third-order valence-corrected chi connectivity index (χ3v) is 4.43. The summed E-state index contributed by atoms with van der Waals surface area (Å²) in [6.45, 7) is 6.35. The summed E-state index contributed by atoms with van der Waals surface area (Å²) in [7, 11) is 0. The van der Waals surface area contributed by atoms with Gasteiger partial charge < -0.3 is 5.32 Å². The number of aryl methyl sites for hydroxylation is 1. The second-order valence-corrected chi connectivity index (χ2v) is 6.35. The largest absolute Gasteiger partial charge is 0.312 e. The Hall–Kier alpha value is -0.900. The van der Waals surface area contributed by atoms with Crippen molar-refractivity contribution in [1.82, 2.24) is 10.3 Å². The standard InChI is InChI=1S/C16H21ClN2S/c1-3-6-14-15(11-18-9-4-2)20-16(19-14)12-7-5-8-13(17)10-12/h5,7-8,10,18H,3-4,6,9,11H2,1-2H3. The number of rotatable bonds is 7. The third-order valence-electron chi connectivity index (χ3n) is 3.05. The minimum atomic E-state index is 0.764. The van der Waals surface area contributed by atoms with Crippen LogP contribution in [-0.4, -0.2) is 11.5 Å². The van der Waals surface area contributed by atoms with E-state index in [1.54, 1.807) is 11.3 Å². The van der Waals surface area contributed by atoms with Crippen LogP contribution in [0.2, 0.25) is 5.02 Å². The van der Waals surface area contributed by atoms with Crippen molar-refractivity contribution in [3.8, 4) is 10.6 Å². The average molecular weight is 309 g/mol. The van der Waals surface area contributed by atoms with Crippen molar-refractivity contribution in [2.45, 2.75) is 39.7 Å². The highest BCUT2D eigenvalue weighted by Gasteiger charge is 2.11. The van der Waals surface area contributed by atoms with Gasteiger partial charge in [0.2, 0.25) is 0 Å². The van der Waals surface area contributed by atoms with E-state index >= 15 is 0 Å². The molecule has 0 saturated heterocycles. The van der Waals surface area contributed by atoms with Crippen molar-refractivity contribution >= 4 is 22.9 Å². The second-order valence-electron chi connectivity index (χ2n) is 4.83. The van der Waals surface area contributed by atoms with E-state index in [9.17, 15) is 0 Å². The third kappa shape index (κ3) is 4.05. The number of halogens is 1. The Labute approximate surface area is 130 Å². The molecule has 2 nitrogen and oxygen atoms in total. The van der Waals surface area contributed by atoms with Gasteiger partial charge in [-0.2, -0.15) is 0 Å². The summed E-state index contributed by atoms with van der Waals surface area (Å²) in [4.78, 5) is 6.17. The Bertz CT molecular complexity index is 551. The first-order chi connectivity index (χ1) is 9.74. The fraction of sp³-hybridized carbons (Fsp3) is 0.438. The molecule has 0 atom stereocenters. The molecule has 0 radical (unpaired) electrons. The molecule has 0 aliphatic heterocycles. The molecule has 0 spiro atoms. The van der Waals surface area contributed by atoms with Gasteiger partial charge in [0.1, 0.15) is 5.01 Å². The first kappa shape index (κ1) is 15.5. The van der Waals surface area contributed by atoms with E-state index < -0.39 is 0 Å². The predicted molar refractivity (Wildman–Crippen MR) is 88.6 cm³/mol. The highest BCUT2D eigenvalue weighted by Crippen LogP contribution is 2.30. The van der Waals surface area contributed by atoms with Crippen LogP contribution in [0.1, 0.15) is 37.3 Å². The number of hydrogen-bond donors (Lipinski definition) is 1. The lowest BCUT2D eigenvalue weighted by atomic mass is 10.2. The van der Waals surface area contributed by atoms with Gasteiger partial charge in [0.15, 0.2) is 0 Å². The van der Waals surface area contributed by atoms with Crippen LogP contribution in [0, 0.1) is 0 Å². The Morgan fingerprint density at radius 1 is 1.25 bits per heavy atom. The maximum Gasteiger partial charge on any atom is 0.123 e. The summed E-state index contributed by atoms with van der Waals surface area (Å²) in [6, 6.07) is 7.94. The fourth-order valence-electron chi connectivity index (χ4n) is 2.08. The Kier molecular flexibility index (Phi) is 6.02. The lowest BCUT2D eigenvalue weighted by Crippen LogP contribution is -2.13. The smallest absolute Gasteiger partial charge is 0.123 e. The van der Waals surface area contributed by atoms with E-state index in [-0.39, 0.29) is 0 Å². The van der Waals surface area contributed by atoms with Crippen molar-refractivity contribution in [3.05, 3.63) is 39.9 Å². The fourth-order valence-corrected chi connectivity index (χ4v) is 3.34. The number of benzene rings is 1. The molecule has 0 aliphatic rings. The lowest BCUT2D eigenvalue weighted by molar-refractivity contribution is 0.674. The number of hydrogen-bond acceptors (Lipinski definition) is 3. The van der Waals surface area contributed by atoms with Crippen LogP contribution in [0.15, 0.2) is 24.3 Å². The van der Waals surface area contributed by atoms with E-state index in [1.807, 2.05) is 18.2 Å². The molecule has 2 aromatic rings. The van der Waals surface area contributed by atoms with Gasteiger partial charge in [-0.05, 0) is 31.5 Å². The van der Waals surface area contributed by atoms with E-state index in [2.05, 4.69) is 25.2 Å². The number of thiazole rings is 1. The average Bonchev–Trinajstić information content (AvgIpc) is 2.83. The maximum atomic E-state index is 6.07. The molecule has 4 heteroatoms. The molecule has 1 aromatic carbocycles. The van der Waals surface area contributed by atoms with Gasteiger partial charge >= 0.3 is 0 Å². The molecule has 0 aliphatic carbocycles. The van der Waals surface area contributed by atoms with Gasteiger partial charge in [-0.1, -0.05) is 44.0 Å². The molecular weight excluding hydrogens is 288 g/mol. The predicted octanol–water partition coefficient (Wildman–Crippen LogP) is 4.92. The first-order valence-electron chi connectivity index (χ1n) is 7.19. The summed E-state index contributed by atoms with van der Waals surface area (Å²) in [5.74, 6) is 0. The maximum absolute atomic E-state index is 6.07. The van der Waals surface area contributed by atoms with Crippen molar-refractivity contribution in [2.24, 2.45) is 0 Å². The Balaban J connectivity index is 2.23. The summed E-state index contributed by atoms with van der Waals surface area (Å²) in [5.41, 5.74) is 2.35. The zero-order valence-electron chi connectivity index (χ0n) is 12.1. The molecule has 1 heterocycles. The van der Waals surface area contributed by atoms with Crippen LogP contribution in [0.3, 0.4) is 0 Å². The Morgan fingerprint density at radius 2 is 2.10 bits per heavy atom. The molecule has 0 saturated carbocycles. The van der Waals surface area contributed by atoms with Gasteiger partial charge in [0.25, 0.3) is 0 Å². The molecular formula is C16H21ClN2S. The van der Waals surface area contributed by atoms with E-state index in [0.29, 0.717) is 0 Å². The van der Waals surface area contributed by atoms with Gasteiger partial charge in [-0.25, -0.2) is 4.98 Å². The molecule has 1 aromatic heterocycles. The van der Waals surface area contributed by atoms with Crippen LogP contribution in [0.25, 0.3) is 10.6 Å². The summed E-state index contributed by atoms with van der Waals surface area (Å²) < 4.78 is 0. The SMILES string of the molecule is CCCNCc1sc(-c2cccc(Cl)c2)nc1CCC. The van der Waals surface area contributed by atoms with Gasteiger partial charge in [-0.15, -0.1) is 11.3 Å². The van der Waals surface area contributed by atoms with Crippen molar-refractivity contribution in [3.63, 3.8) is 0 Å². The van der Waals surface area contributed by atoms with Crippen LogP contribution in [0.5, 0.6) is 0 Å². The zero-order valence-corrected chi connectivity index (χ0v) is 13.7. The summed E-state index contributed by atoms with van der Waals surface area (Å²) >= 11 is 7.85. The molecule has 0 fully saturated rings. The summed E-state index contributed by atoms with van der Waals surface area (Å²) in [6.07, 6.45) is 3.32. The molecule has 0 unspecified atom stereocenters. The van der Waals surface area contributed by atoms with Crippen LogP contribution in [0.4, 0.5) is 0 Å². The summed E-state index contributed by atoms with van der Waals surface area (Å²) in [5, 5.41) is 5.31. The normalized spacial score (nSPS) is 10.9. The lowest BCUT2D eigenvalue weighted by Gasteiger charge is -2.02. The van der Waals surface area contributed by atoms with Crippen molar-refractivity contribution in [1.29, 1.82) is 0 Å². The van der Waals surface area contributed by atoms with Gasteiger partial charge in [0, 0.05) is 22.0 Å². The van der Waals surface area contributed by atoms with Crippen molar-refractivity contribution < 1.29 is 0 Å². The first-order valence-corrected chi connectivity index (χ1v) is 8.39. The minimum Gasteiger partial charge on any atom is -0.312 e. The number of nitrogens with one attached hydrogen (secondary N) is 1. The number of aromatic nitrogens is 1. The van der Waals surface area contributed by atoms with Gasteiger partial charge in [0.05, 0.1) is 5.69 Å². The van der Waals surface area contributed by atoms with E-state index in [1.165, 1.54) is 10.6 Å². The highest BCUT2D eigenvalue weighted by atomic mass is 35.5.